The number of piperidine rings is 1. The predicted octanol–water partition coefficient (Wildman–Crippen LogP) is 1.14. The Bertz CT molecular complexity index is 641. The summed E-state index contributed by atoms with van der Waals surface area (Å²) in [4.78, 5) is 22.3. The third-order valence-electron chi connectivity index (χ3n) is 2.45. The molecule has 2 amide bonds. The molecule has 19 heavy (non-hydrogen) atoms. The summed E-state index contributed by atoms with van der Waals surface area (Å²) in [5.74, 6) is -1.09. The standard InChI is InChI=1S/C9H8Cl2N2O4S2/c10-6-3-5(8(11)18-6)19(16,17)13-4-1-2-7(14)12-9(4)15/h3-4,13H,1-2H2,(H,12,14,15). The van der Waals surface area contributed by atoms with E-state index in [0.29, 0.717) is 0 Å². The second kappa shape index (κ2) is 5.37. The number of carbonyl (C=O) groups is 2. The topological polar surface area (TPSA) is 92.3 Å². The van der Waals surface area contributed by atoms with Crippen LogP contribution in [0.15, 0.2) is 11.0 Å². The van der Waals surface area contributed by atoms with Crippen LogP contribution >= 0.6 is 34.5 Å². The van der Waals surface area contributed by atoms with E-state index in [0.717, 1.165) is 11.3 Å². The molecule has 1 unspecified atom stereocenters. The lowest BCUT2D eigenvalue weighted by Gasteiger charge is -2.21. The molecule has 1 aromatic rings. The number of hydrogen-bond donors (Lipinski definition) is 2. The van der Waals surface area contributed by atoms with Gasteiger partial charge in [-0.1, -0.05) is 23.2 Å². The lowest BCUT2D eigenvalue weighted by Crippen LogP contribution is -2.52. The fourth-order valence-corrected chi connectivity index (χ4v) is 4.94. The lowest BCUT2D eigenvalue weighted by molar-refractivity contribution is -0.134. The van der Waals surface area contributed by atoms with E-state index in [1.807, 2.05) is 0 Å². The van der Waals surface area contributed by atoms with Crippen molar-refractivity contribution >= 4 is 56.4 Å². The van der Waals surface area contributed by atoms with Gasteiger partial charge in [-0.15, -0.1) is 11.3 Å². The highest BCUT2D eigenvalue weighted by atomic mass is 35.5. The number of sulfonamides is 1. The van der Waals surface area contributed by atoms with E-state index in [-0.39, 0.29) is 26.4 Å². The fourth-order valence-electron chi connectivity index (χ4n) is 1.57. The van der Waals surface area contributed by atoms with Crippen LogP contribution in [-0.4, -0.2) is 26.3 Å². The van der Waals surface area contributed by atoms with Crippen molar-refractivity contribution in [3.8, 4) is 0 Å². The Morgan fingerprint density at radius 2 is 2.05 bits per heavy atom. The number of nitrogens with one attached hydrogen (secondary N) is 2. The van der Waals surface area contributed by atoms with E-state index in [4.69, 9.17) is 23.2 Å². The van der Waals surface area contributed by atoms with Crippen molar-refractivity contribution in [2.45, 2.75) is 23.8 Å². The van der Waals surface area contributed by atoms with Gasteiger partial charge in [0.05, 0.1) is 4.34 Å². The highest BCUT2D eigenvalue weighted by Gasteiger charge is 2.32. The fraction of sp³-hybridized carbons (Fsp3) is 0.333. The van der Waals surface area contributed by atoms with Crippen LogP contribution in [0.5, 0.6) is 0 Å². The molecule has 10 heteroatoms. The minimum Gasteiger partial charge on any atom is -0.295 e. The molecule has 104 valence electrons. The van der Waals surface area contributed by atoms with Crippen LogP contribution in [0.1, 0.15) is 12.8 Å². The first kappa shape index (κ1) is 14.7. The molecule has 6 nitrogen and oxygen atoms in total. The van der Waals surface area contributed by atoms with Gasteiger partial charge in [-0.25, -0.2) is 8.42 Å². The van der Waals surface area contributed by atoms with Gasteiger partial charge < -0.3 is 0 Å². The van der Waals surface area contributed by atoms with Gasteiger partial charge in [0, 0.05) is 6.42 Å². The Hall–Kier alpha value is -0.670. The van der Waals surface area contributed by atoms with Crippen LogP contribution in [0.25, 0.3) is 0 Å². The quantitative estimate of drug-likeness (QED) is 0.805. The average Bonchev–Trinajstić information content (AvgIpc) is 2.63. The van der Waals surface area contributed by atoms with Gasteiger partial charge in [0.25, 0.3) is 0 Å². The normalized spacial score (nSPS) is 20.4. The summed E-state index contributed by atoms with van der Waals surface area (Å²) < 4.78 is 26.6. The maximum absolute atomic E-state index is 12.0. The molecule has 0 aliphatic carbocycles. The van der Waals surface area contributed by atoms with Crippen molar-refractivity contribution < 1.29 is 18.0 Å². The van der Waals surface area contributed by atoms with Crippen LogP contribution in [0.3, 0.4) is 0 Å². The molecule has 0 saturated carbocycles. The third kappa shape index (κ3) is 3.26. The molecule has 2 rings (SSSR count). The van der Waals surface area contributed by atoms with Crippen LogP contribution in [0.2, 0.25) is 8.67 Å². The van der Waals surface area contributed by atoms with Crippen LogP contribution in [0.4, 0.5) is 0 Å². The van der Waals surface area contributed by atoms with Gasteiger partial charge in [0.1, 0.15) is 15.3 Å². The average molecular weight is 343 g/mol. The van der Waals surface area contributed by atoms with Crippen LogP contribution in [0, 0.1) is 0 Å². The summed E-state index contributed by atoms with van der Waals surface area (Å²) in [6.07, 6.45) is 0.191. The number of amides is 2. The molecule has 1 aromatic heterocycles. The summed E-state index contributed by atoms with van der Waals surface area (Å²) in [7, 11) is -3.95. The van der Waals surface area contributed by atoms with E-state index in [1.54, 1.807) is 0 Å². The number of imide groups is 1. The molecule has 0 radical (unpaired) electrons. The molecule has 2 heterocycles. The van der Waals surface area contributed by atoms with Gasteiger partial charge in [-0.2, -0.15) is 4.72 Å². The van der Waals surface area contributed by atoms with Gasteiger partial charge in [0.2, 0.25) is 21.8 Å². The van der Waals surface area contributed by atoms with Crippen LogP contribution < -0.4 is 10.0 Å². The summed E-state index contributed by atoms with van der Waals surface area (Å²) in [5.41, 5.74) is 0. The first-order chi connectivity index (χ1) is 8.79. The molecular formula is C9H8Cl2N2O4S2. The molecule has 0 aromatic carbocycles. The summed E-state index contributed by atoms with van der Waals surface area (Å²) in [6.45, 7) is 0. The third-order valence-corrected chi connectivity index (χ3v) is 5.68. The van der Waals surface area contributed by atoms with E-state index in [9.17, 15) is 18.0 Å². The molecule has 1 aliphatic heterocycles. The molecule has 1 saturated heterocycles. The maximum Gasteiger partial charge on any atom is 0.244 e. The second-order valence-electron chi connectivity index (χ2n) is 3.81. The Morgan fingerprint density at radius 3 is 2.58 bits per heavy atom. The molecule has 1 atom stereocenters. The van der Waals surface area contributed by atoms with Crippen molar-refractivity contribution in [3.05, 3.63) is 14.7 Å². The van der Waals surface area contributed by atoms with Gasteiger partial charge in [0.15, 0.2) is 0 Å². The van der Waals surface area contributed by atoms with E-state index in [1.165, 1.54) is 6.07 Å². The highest BCUT2D eigenvalue weighted by Crippen LogP contribution is 2.34. The SMILES string of the molecule is O=C1CCC(NS(=O)(=O)c2cc(Cl)sc2Cl)C(=O)N1. The first-order valence-corrected chi connectivity index (χ1v) is 8.16. The minimum absolute atomic E-state index is 0.0183. The summed E-state index contributed by atoms with van der Waals surface area (Å²) in [5, 5.41) is 2.06. The largest absolute Gasteiger partial charge is 0.295 e. The van der Waals surface area contributed by atoms with E-state index >= 15 is 0 Å². The molecule has 0 bridgehead atoms. The number of hydrogen-bond acceptors (Lipinski definition) is 5. The molecule has 0 spiro atoms. The Balaban J connectivity index is 2.20. The Morgan fingerprint density at radius 1 is 1.37 bits per heavy atom. The zero-order valence-corrected chi connectivity index (χ0v) is 12.4. The maximum atomic E-state index is 12.0. The second-order valence-corrected chi connectivity index (χ2v) is 7.78. The Labute approximate surface area is 123 Å². The molecule has 2 N–H and O–H groups in total. The van der Waals surface area contributed by atoms with Gasteiger partial charge in [-0.3, -0.25) is 14.9 Å². The molecular weight excluding hydrogens is 335 g/mol. The van der Waals surface area contributed by atoms with Crippen LogP contribution in [-0.2, 0) is 19.6 Å². The zero-order valence-electron chi connectivity index (χ0n) is 9.27. The van der Waals surface area contributed by atoms with Gasteiger partial charge in [-0.05, 0) is 12.5 Å². The number of thiophene rings is 1. The highest BCUT2D eigenvalue weighted by molar-refractivity contribution is 7.89. The number of carbonyl (C=O) groups excluding carboxylic acids is 2. The van der Waals surface area contributed by atoms with Crippen molar-refractivity contribution in [1.82, 2.24) is 10.0 Å². The lowest BCUT2D eigenvalue weighted by atomic mass is 10.1. The number of rotatable bonds is 3. The number of halogens is 2. The first-order valence-electron chi connectivity index (χ1n) is 5.10. The van der Waals surface area contributed by atoms with Crippen molar-refractivity contribution in [3.63, 3.8) is 0 Å². The minimum atomic E-state index is -3.95. The summed E-state index contributed by atoms with van der Waals surface area (Å²) >= 11 is 12.4. The zero-order chi connectivity index (χ0) is 14.2. The summed E-state index contributed by atoms with van der Waals surface area (Å²) in [6, 6.07) is 0.223. The van der Waals surface area contributed by atoms with Gasteiger partial charge >= 0.3 is 0 Å². The van der Waals surface area contributed by atoms with E-state index < -0.39 is 27.9 Å². The monoisotopic (exact) mass is 342 g/mol. The predicted molar refractivity (Wildman–Crippen MR) is 70.8 cm³/mol. The van der Waals surface area contributed by atoms with E-state index in [2.05, 4.69) is 10.0 Å². The molecule has 1 fully saturated rings. The van der Waals surface area contributed by atoms with Crippen molar-refractivity contribution in [1.29, 1.82) is 0 Å². The smallest absolute Gasteiger partial charge is 0.244 e. The Kier molecular flexibility index (Phi) is 4.17. The van der Waals surface area contributed by atoms with Crippen molar-refractivity contribution in [2.24, 2.45) is 0 Å². The molecule has 1 aliphatic rings. The van der Waals surface area contributed by atoms with Crippen molar-refractivity contribution in [2.75, 3.05) is 0 Å².